The molecular weight excluding hydrogens is 1980 g/mol. The van der Waals surface area contributed by atoms with Gasteiger partial charge in [-0.25, -0.2) is 39.1 Å². The Hall–Kier alpha value is -11.2. The van der Waals surface area contributed by atoms with E-state index in [1.807, 2.05) is 0 Å². The van der Waals surface area contributed by atoms with Gasteiger partial charge in [0.1, 0.15) is 37.4 Å². The van der Waals surface area contributed by atoms with Crippen LogP contribution in [-0.4, -0.2) is 281 Å². The molecule has 7 N–H and O–H groups in total. The highest BCUT2D eigenvalue weighted by Gasteiger charge is 2.60. The van der Waals surface area contributed by atoms with Gasteiger partial charge in [0.05, 0.1) is 131 Å². The van der Waals surface area contributed by atoms with E-state index in [4.69, 9.17) is 74.8 Å². The molecule has 0 saturated carbocycles. The lowest BCUT2D eigenvalue weighted by atomic mass is 10.0. The minimum Gasteiger partial charge on any atom is -0.414 e. The molecule has 48 nitrogen and oxygen atoms in total. The molecule has 50 heteroatoms. The molecule has 16 heterocycles. The number of imide groups is 2. The average Bonchev–Trinajstić information content (AvgIpc) is 1.01. The molecule has 7 fully saturated rings. The molecule has 8 aromatic rings. The lowest BCUT2D eigenvalue weighted by Gasteiger charge is -2.51. The van der Waals surface area contributed by atoms with Gasteiger partial charge in [-0.1, -0.05) is 79.7 Å². The van der Waals surface area contributed by atoms with Gasteiger partial charge in [0.25, 0.3) is 40.3 Å². The molecule has 814 valence electrons. The number of ether oxygens (including phenoxy) is 10. The van der Waals surface area contributed by atoms with Crippen LogP contribution in [0.3, 0.4) is 0 Å². The van der Waals surface area contributed by atoms with Crippen molar-refractivity contribution in [2.24, 2.45) is 28.2 Å². The van der Waals surface area contributed by atoms with Crippen molar-refractivity contribution in [3.8, 4) is 5.82 Å². The van der Waals surface area contributed by atoms with Crippen LogP contribution < -0.4 is 50.6 Å². The van der Waals surface area contributed by atoms with E-state index in [-0.39, 0.29) is 86.8 Å². The monoisotopic (exact) mass is 2120 g/mol. The van der Waals surface area contributed by atoms with Gasteiger partial charge in [0.15, 0.2) is 36.8 Å². The highest BCUT2D eigenvalue weighted by atomic mass is 28.5. The summed E-state index contributed by atoms with van der Waals surface area (Å²) in [4.78, 5) is 190. The van der Waals surface area contributed by atoms with Crippen LogP contribution in [0.4, 0.5) is 5.82 Å². The standard InChI is InChI=1S/C23H24N6O6.C21H23N3O7.C18H38O4Si2.C17H25N3O7.C13H20N2O5.C7H8N2O3/c1-27-12-15(20(26-23(27)32)28-14-24-13-25-28)11-16(7-8-19-33-9-4-10-34-19)35-29-21(30)17-5-2-3-6-18(17)22(29)31;1-23-12-13(18(25)22-21(23)28)11-14(7-8-17-29-9-4-10-30-17)31-24-19(26)15-5-2-3-6-16(15)20(24)27;1-12(2)23(13(3)4)19-11-18-17(10-16(9)20-18)21-24(22-23,14(5)6)15(7)8;21-9-13-12(22)7-14(26-13)20-8-10-6-11(27-19-16(10)18-17(20)23)2-3-15-24-4-1-5-25-15;1-15-8-9(12(17)14-13(15)18)7-10(16)3-4-11-19-5-2-6-20-11;1-9-4-5(2-3-10)6(11)8-7(9)12/h2-3,5-6,12-14,16,19H,4,7-11H2,1H3;2-3,5-6,12,14,17H,4,7-11H2,1H3,(H,22,25,28);12-18H,10-11H2,1-9H3;8,11-15,21-22H,1-7,9H2,(H,18,19,23);8,10-11,16H,2-7H2,1H3,(H,14,17,18);3-4H,2H2,1H3,(H,8,11,12)/t;;16?,17-,18+;11?,12-,13+,14?;;/m..00../s1. The molecule has 4 amide bonds. The molecule has 6 aromatic heterocycles. The number of benzene rings is 2. The van der Waals surface area contributed by atoms with E-state index in [2.05, 4.69) is 103 Å². The van der Waals surface area contributed by atoms with Crippen molar-refractivity contribution in [1.82, 2.24) is 72.6 Å². The Balaban J connectivity index is 0.000000153. The predicted molar refractivity (Wildman–Crippen MR) is 535 cm³/mol. The summed E-state index contributed by atoms with van der Waals surface area (Å²) in [5, 5.41) is 34.8. The third-order valence-electron chi connectivity index (χ3n) is 26.7. The van der Waals surface area contributed by atoms with Crippen LogP contribution in [0, 0.1) is 0 Å². The quantitative estimate of drug-likeness (QED) is 0.0172. The minimum atomic E-state index is -2.44. The van der Waals surface area contributed by atoms with E-state index in [1.165, 1.54) is 72.9 Å². The first kappa shape index (κ1) is 115. The number of aromatic amines is 3. The number of hydroxylamine groups is 4. The summed E-state index contributed by atoms with van der Waals surface area (Å²) in [5.74, 6) is -1.44. The van der Waals surface area contributed by atoms with Gasteiger partial charge in [-0.3, -0.25) is 67.6 Å². The maximum absolute atomic E-state index is 12.9. The van der Waals surface area contributed by atoms with Crippen molar-refractivity contribution < 1.29 is 114 Å². The second-order valence-electron chi connectivity index (χ2n) is 39.1. The van der Waals surface area contributed by atoms with Crippen LogP contribution in [-0.2, 0) is 140 Å². The van der Waals surface area contributed by atoms with E-state index >= 15 is 0 Å². The van der Waals surface area contributed by atoms with Crippen LogP contribution in [0.1, 0.15) is 228 Å². The molecule has 0 bridgehead atoms. The van der Waals surface area contributed by atoms with Gasteiger partial charge in [-0.15, -0.1) is 10.1 Å². The fourth-order valence-electron chi connectivity index (χ4n) is 18.7. The lowest BCUT2D eigenvalue weighted by Crippen LogP contribution is -2.65. The van der Waals surface area contributed by atoms with E-state index in [1.54, 1.807) is 75.0 Å². The SMILES string of the molecule is CC1C[C@@H]2O[Si](C(C)C)(C(C)C)O[Si](C(C)C)(C(C)C)OC[C@H]2O1.Cn1cc(CC(CCC2OCCCO2)ON2C(=O)c3ccccc3C2=O)c(-n2cncn2)nc1=O.Cn1cc(CC(CCC2OCCCO2)ON2C(=O)c3ccccc3C2=O)c(=O)[nH]c1=O.Cn1cc(CC(O)CCC2OCCCO2)c(=O)[nH]c1=O.Cn1cc(CC=O)c(=O)[nH]c1=O.O=c1nc2c(cn1C1C[C@H](O)[C@@H](CO)O1)CC(CCC1OCCCO1)ON2. The number of amides is 4. The Morgan fingerprint density at radius 3 is 1.40 bits per heavy atom. The van der Waals surface area contributed by atoms with Crippen LogP contribution in [0.2, 0.25) is 22.2 Å². The summed E-state index contributed by atoms with van der Waals surface area (Å²) in [5.41, 5.74) is 3.99. The first-order valence-electron chi connectivity index (χ1n) is 50.6. The summed E-state index contributed by atoms with van der Waals surface area (Å²) < 4.78 is 84.6. The predicted octanol–water partition coefficient (Wildman–Crippen LogP) is 4.95. The second-order valence-corrected chi connectivity index (χ2v) is 48.0. The van der Waals surface area contributed by atoms with Crippen molar-refractivity contribution in [1.29, 1.82) is 0 Å². The number of aliphatic hydroxyl groups is 3. The van der Waals surface area contributed by atoms with Gasteiger partial charge < -0.3 is 98.7 Å². The number of hydrogen-bond donors (Lipinski definition) is 7. The summed E-state index contributed by atoms with van der Waals surface area (Å²) in [6, 6.07) is 13.1. The van der Waals surface area contributed by atoms with E-state index in [0.717, 1.165) is 73.8 Å². The molecule has 10 aliphatic rings. The van der Waals surface area contributed by atoms with E-state index < -0.39 is 135 Å². The number of anilines is 1. The van der Waals surface area contributed by atoms with Gasteiger partial charge in [-0.05, 0) is 105 Å². The number of rotatable bonds is 31. The first-order valence-corrected chi connectivity index (χ1v) is 54.6. The van der Waals surface area contributed by atoms with Crippen LogP contribution >= 0.6 is 0 Å². The highest BCUT2D eigenvalue weighted by Crippen LogP contribution is 2.48. The number of aliphatic hydroxyl groups excluding tert-OH is 3. The number of aromatic nitrogens is 13. The fraction of sp³-hybridized carbons (Fsp3) is 0.606. The molecule has 0 radical (unpaired) electrons. The van der Waals surface area contributed by atoms with Crippen molar-refractivity contribution in [2.45, 2.75) is 293 Å². The largest absolute Gasteiger partial charge is 0.414 e. The Kier molecular flexibility index (Phi) is 41.4. The Labute approximate surface area is 859 Å². The number of fused-ring (bicyclic) bond motifs is 4. The van der Waals surface area contributed by atoms with Gasteiger partial charge >= 0.3 is 45.6 Å². The summed E-state index contributed by atoms with van der Waals surface area (Å²) in [6.07, 6.45) is 15.9. The number of nitrogens with one attached hydrogen (secondary N) is 4. The molecule has 0 aliphatic carbocycles. The summed E-state index contributed by atoms with van der Waals surface area (Å²) in [7, 11) is 1.32. The van der Waals surface area contributed by atoms with Gasteiger partial charge in [-0.2, -0.15) is 15.1 Å². The number of aryl methyl sites for hydroxylation is 4. The van der Waals surface area contributed by atoms with Crippen LogP contribution in [0.25, 0.3) is 5.82 Å². The molecule has 10 aliphatic heterocycles. The molecule has 10 atom stereocenters. The van der Waals surface area contributed by atoms with Crippen molar-refractivity contribution in [3.63, 3.8) is 0 Å². The molecular formula is C99H138N16O32Si2. The lowest BCUT2D eigenvalue weighted by molar-refractivity contribution is -0.190. The summed E-state index contributed by atoms with van der Waals surface area (Å²) >= 11 is 0. The maximum Gasteiger partial charge on any atom is 0.351 e. The molecule has 18 rings (SSSR count). The smallest absolute Gasteiger partial charge is 0.351 e. The zero-order chi connectivity index (χ0) is 107. The Morgan fingerprint density at radius 1 is 0.510 bits per heavy atom. The Morgan fingerprint density at radius 2 is 0.953 bits per heavy atom. The average molecular weight is 2120 g/mol. The molecule has 7 saturated heterocycles. The fourth-order valence-corrected chi connectivity index (χ4v) is 29.9. The van der Waals surface area contributed by atoms with Crippen molar-refractivity contribution in [2.75, 3.05) is 71.5 Å². The van der Waals surface area contributed by atoms with Gasteiger partial charge in [0, 0.05) is 158 Å². The van der Waals surface area contributed by atoms with Crippen molar-refractivity contribution >= 4 is 52.9 Å². The number of hydrogen-bond acceptors (Lipinski definition) is 37. The number of H-pyrrole nitrogens is 3. The first-order chi connectivity index (χ1) is 71.3. The molecule has 0 spiro atoms. The van der Waals surface area contributed by atoms with Crippen LogP contribution in [0.15, 0.2) is 131 Å². The topological polar surface area (TPSA) is 577 Å². The zero-order valence-corrected chi connectivity index (χ0v) is 88.2. The summed E-state index contributed by atoms with van der Waals surface area (Å²) in [6.45, 7) is 25.7. The van der Waals surface area contributed by atoms with E-state index in [0.29, 0.717) is 165 Å². The van der Waals surface area contributed by atoms with E-state index in [9.17, 15) is 77.6 Å². The number of nitrogens with zero attached hydrogens (tertiary/aromatic N) is 12. The minimum absolute atomic E-state index is 0.0312. The van der Waals surface area contributed by atoms with Gasteiger partial charge in [0.2, 0.25) is 0 Å². The molecule has 2 aromatic carbocycles. The second kappa shape index (κ2) is 53.7. The highest BCUT2D eigenvalue weighted by molar-refractivity contribution is 6.84. The number of aldehydes is 1. The number of carbonyl (C=O) groups excluding carboxylic acids is 5. The molecule has 149 heavy (non-hydrogen) atoms. The Bertz CT molecular complexity index is 6260. The number of carbonyl (C=O) groups is 5. The third-order valence-corrected chi connectivity index (χ3v) is 37.0. The third kappa shape index (κ3) is 29.8. The normalized spacial score (nSPS) is 22.0. The maximum atomic E-state index is 12.9. The van der Waals surface area contributed by atoms with Crippen molar-refractivity contribution in [3.05, 3.63) is 226 Å². The van der Waals surface area contributed by atoms with Crippen LogP contribution in [0.5, 0.6) is 0 Å². The zero-order valence-electron chi connectivity index (χ0n) is 86.2. The molecule has 6 unspecified atom stereocenters.